The third kappa shape index (κ3) is 2.25. The van der Waals surface area contributed by atoms with Gasteiger partial charge in [-0.25, -0.2) is 4.68 Å². The first-order valence-corrected chi connectivity index (χ1v) is 7.67. The fourth-order valence-electron chi connectivity index (χ4n) is 2.54. The summed E-state index contributed by atoms with van der Waals surface area (Å²) >= 11 is 3.60. The SMILES string of the molecule is Nc1cc(-c2ccc(-n3ncc(Br)c3C3CC3)cc2)[nH]n1. The van der Waals surface area contributed by atoms with E-state index in [4.69, 9.17) is 5.73 Å². The van der Waals surface area contributed by atoms with Gasteiger partial charge in [-0.15, -0.1) is 0 Å². The molecule has 1 fully saturated rings. The molecule has 5 nitrogen and oxygen atoms in total. The van der Waals surface area contributed by atoms with E-state index in [-0.39, 0.29) is 0 Å². The molecule has 0 saturated heterocycles. The van der Waals surface area contributed by atoms with Crippen molar-refractivity contribution in [1.82, 2.24) is 20.0 Å². The van der Waals surface area contributed by atoms with Gasteiger partial charge < -0.3 is 5.73 Å². The molecular formula is C15H14BrN5. The van der Waals surface area contributed by atoms with Gasteiger partial charge in [0.05, 0.1) is 27.7 Å². The van der Waals surface area contributed by atoms with Crippen molar-refractivity contribution < 1.29 is 0 Å². The summed E-state index contributed by atoms with van der Waals surface area (Å²) in [6.45, 7) is 0. The molecule has 1 aliphatic rings. The molecule has 0 bridgehead atoms. The number of hydrogen-bond donors (Lipinski definition) is 2. The van der Waals surface area contributed by atoms with Crippen LogP contribution in [-0.4, -0.2) is 20.0 Å². The van der Waals surface area contributed by atoms with Crippen molar-refractivity contribution in [2.24, 2.45) is 0 Å². The normalized spacial score (nSPS) is 14.5. The monoisotopic (exact) mass is 343 g/mol. The van der Waals surface area contributed by atoms with E-state index in [1.54, 1.807) is 0 Å². The molecule has 0 amide bonds. The van der Waals surface area contributed by atoms with Crippen LogP contribution in [-0.2, 0) is 0 Å². The smallest absolute Gasteiger partial charge is 0.145 e. The Hall–Kier alpha value is -2.08. The third-order valence-electron chi connectivity index (χ3n) is 3.74. The van der Waals surface area contributed by atoms with E-state index in [0.717, 1.165) is 21.4 Å². The first-order valence-electron chi connectivity index (χ1n) is 6.87. The van der Waals surface area contributed by atoms with Crippen molar-refractivity contribution in [1.29, 1.82) is 0 Å². The summed E-state index contributed by atoms with van der Waals surface area (Å²) in [7, 11) is 0. The van der Waals surface area contributed by atoms with Gasteiger partial charge in [-0.2, -0.15) is 10.2 Å². The zero-order valence-electron chi connectivity index (χ0n) is 11.3. The Balaban J connectivity index is 1.71. The lowest BCUT2D eigenvalue weighted by Gasteiger charge is -2.08. The highest BCUT2D eigenvalue weighted by molar-refractivity contribution is 9.10. The topological polar surface area (TPSA) is 72.5 Å². The second-order valence-electron chi connectivity index (χ2n) is 5.32. The van der Waals surface area contributed by atoms with Crippen LogP contribution in [0.4, 0.5) is 5.82 Å². The van der Waals surface area contributed by atoms with Gasteiger partial charge in [-0.05, 0) is 46.5 Å². The minimum atomic E-state index is 0.501. The van der Waals surface area contributed by atoms with Crippen molar-refractivity contribution in [2.75, 3.05) is 5.73 Å². The number of aromatic amines is 1. The number of hydrogen-bond acceptors (Lipinski definition) is 3. The Labute approximate surface area is 130 Å². The van der Waals surface area contributed by atoms with Crippen LogP contribution >= 0.6 is 15.9 Å². The number of rotatable bonds is 3. The molecule has 6 heteroatoms. The van der Waals surface area contributed by atoms with Crippen LogP contribution in [0.15, 0.2) is 41.0 Å². The molecule has 0 radical (unpaired) electrons. The van der Waals surface area contributed by atoms with Crippen molar-refractivity contribution in [3.05, 3.63) is 46.7 Å². The molecule has 0 atom stereocenters. The molecule has 2 heterocycles. The van der Waals surface area contributed by atoms with Gasteiger partial charge in [-0.3, -0.25) is 5.10 Å². The average Bonchev–Trinajstić information content (AvgIpc) is 3.12. The summed E-state index contributed by atoms with van der Waals surface area (Å²) in [5.41, 5.74) is 9.96. The van der Waals surface area contributed by atoms with Crippen LogP contribution < -0.4 is 5.73 Å². The number of nitrogens with zero attached hydrogens (tertiary/aromatic N) is 3. The highest BCUT2D eigenvalue weighted by atomic mass is 79.9. The number of halogens is 1. The molecule has 1 aromatic carbocycles. The van der Waals surface area contributed by atoms with Gasteiger partial charge in [-0.1, -0.05) is 12.1 Å². The number of nitrogens with one attached hydrogen (secondary N) is 1. The summed E-state index contributed by atoms with van der Waals surface area (Å²) in [4.78, 5) is 0. The Kier molecular flexibility index (Phi) is 2.85. The van der Waals surface area contributed by atoms with Crippen molar-refractivity contribution in [3.63, 3.8) is 0 Å². The third-order valence-corrected chi connectivity index (χ3v) is 4.36. The average molecular weight is 344 g/mol. The van der Waals surface area contributed by atoms with Gasteiger partial charge in [0.1, 0.15) is 5.82 Å². The predicted molar refractivity (Wildman–Crippen MR) is 85.2 cm³/mol. The largest absolute Gasteiger partial charge is 0.382 e. The fraction of sp³-hybridized carbons (Fsp3) is 0.200. The summed E-state index contributed by atoms with van der Waals surface area (Å²) in [6.07, 6.45) is 4.36. The Morgan fingerprint density at radius 1 is 1.24 bits per heavy atom. The van der Waals surface area contributed by atoms with Gasteiger partial charge >= 0.3 is 0 Å². The fourth-order valence-corrected chi connectivity index (χ4v) is 3.12. The van der Waals surface area contributed by atoms with Crippen LogP contribution in [0.5, 0.6) is 0 Å². The van der Waals surface area contributed by atoms with E-state index in [1.165, 1.54) is 18.5 Å². The van der Waals surface area contributed by atoms with Gasteiger partial charge in [0.15, 0.2) is 0 Å². The zero-order chi connectivity index (χ0) is 14.4. The maximum atomic E-state index is 5.64. The van der Waals surface area contributed by atoms with Crippen molar-refractivity contribution in [2.45, 2.75) is 18.8 Å². The second kappa shape index (κ2) is 4.73. The molecule has 0 unspecified atom stereocenters. The Morgan fingerprint density at radius 2 is 2.00 bits per heavy atom. The summed E-state index contributed by atoms with van der Waals surface area (Å²) in [5.74, 6) is 1.13. The summed E-state index contributed by atoms with van der Waals surface area (Å²) in [6, 6.07) is 10.1. The maximum absolute atomic E-state index is 5.64. The highest BCUT2D eigenvalue weighted by Gasteiger charge is 2.30. The lowest BCUT2D eigenvalue weighted by molar-refractivity contribution is 0.807. The molecule has 106 valence electrons. The van der Waals surface area contributed by atoms with Crippen molar-refractivity contribution >= 4 is 21.7 Å². The summed E-state index contributed by atoms with van der Waals surface area (Å²) < 4.78 is 3.11. The molecular weight excluding hydrogens is 330 g/mol. The lowest BCUT2D eigenvalue weighted by Crippen LogP contribution is -2.01. The molecule has 3 aromatic rings. The molecule has 2 aromatic heterocycles. The molecule has 3 N–H and O–H groups in total. The first-order chi connectivity index (χ1) is 10.2. The van der Waals surface area contributed by atoms with Gasteiger partial charge in [0, 0.05) is 12.0 Å². The van der Waals surface area contributed by atoms with E-state index in [2.05, 4.69) is 55.5 Å². The maximum Gasteiger partial charge on any atom is 0.145 e. The van der Waals surface area contributed by atoms with Crippen LogP contribution in [0.2, 0.25) is 0 Å². The van der Waals surface area contributed by atoms with Crippen molar-refractivity contribution in [3.8, 4) is 16.9 Å². The highest BCUT2D eigenvalue weighted by Crippen LogP contribution is 2.44. The number of anilines is 1. The Morgan fingerprint density at radius 3 is 2.62 bits per heavy atom. The van der Waals surface area contributed by atoms with Crippen LogP contribution in [0, 0.1) is 0 Å². The van der Waals surface area contributed by atoms with Gasteiger partial charge in [0.2, 0.25) is 0 Å². The van der Waals surface area contributed by atoms with Gasteiger partial charge in [0.25, 0.3) is 0 Å². The first kappa shape index (κ1) is 12.6. The number of H-pyrrole nitrogens is 1. The molecule has 1 aliphatic carbocycles. The van der Waals surface area contributed by atoms with E-state index in [0.29, 0.717) is 11.7 Å². The quantitative estimate of drug-likeness (QED) is 0.764. The minimum absolute atomic E-state index is 0.501. The zero-order valence-corrected chi connectivity index (χ0v) is 12.8. The van der Waals surface area contributed by atoms with E-state index < -0.39 is 0 Å². The van der Waals surface area contributed by atoms with E-state index in [9.17, 15) is 0 Å². The van der Waals surface area contributed by atoms with Crippen LogP contribution in [0.25, 0.3) is 16.9 Å². The molecule has 0 aliphatic heterocycles. The number of benzene rings is 1. The summed E-state index contributed by atoms with van der Waals surface area (Å²) in [5, 5.41) is 11.4. The standard InChI is InChI=1S/C15H14BrN5/c16-12-8-18-21(15(12)10-1-2-10)11-5-3-9(4-6-11)13-7-14(17)20-19-13/h3-8,10H,1-2H2,(H3,17,19,20). The van der Waals surface area contributed by atoms with E-state index in [1.807, 2.05) is 16.9 Å². The number of nitrogen functional groups attached to an aromatic ring is 1. The van der Waals surface area contributed by atoms with Crippen LogP contribution in [0.1, 0.15) is 24.5 Å². The minimum Gasteiger partial charge on any atom is -0.382 e. The second-order valence-corrected chi connectivity index (χ2v) is 6.17. The Bertz CT molecular complexity index is 783. The lowest BCUT2D eigenvalue weighted by atomic mass is 10.1. The molecule has 0 spiro atoms. The number of aromatic nitrogens is 4. The number of nitrogens with two attached hydrogens (primary N) is 1. The molecule has 4 rings (SSSR count). The molecule has 1 saturated carbocycles. The predicted octanol–water partition coefficient (Wildman–Crippen LogP) is 3.48. The molecule has 21 heavy (non-hydrogen) atoms. The van der Waals surface area contributed by atoms with Crippen LogP contribution in [0.3, 0.4) is 0 Å². The van der Waals surface area contributed by atoms with E-state index >= 15 is 0 Å².